The van der Waals surface area contributed by atoms with Crippen molar-refractivity contribution in [3.05, 3.63) is 42.0 Å². The Balaban J connectivity index is 2.05. The van der Waals surface area contributed by atoms with Gasteiger partial charge in [-0.3, -0.25) is 9.67 Å². The van der Waals surface area contributed by atoms with Gasteiger partial charge in [-0.2, -0.15) is 9.40 Å². The normalized spacial score (nSPS) is 18.1. The summed E-state index contributed by atoms with van der Waals surface area (Å²) in [6.45, 7) is 4.54. The summed E-state index contributed by atoms with van der Waals surface area (Å²) in [7, 11) is -1.88. The molecule has 1 aliphatic carbocycles. The number of rotatable bonds is 5. The standard InChI is InChI=1S/C17H24N4O2S/c1-13(2)11-21(24(22,23)15-10-19-20(3)12-15)16-8-4-6-14-7-5-9-18-17(14)16/h5,7,9-10,12-13,16H,4,6,8,11H2,1-3H3/t16-/m1/s1. The Morgan fingerprint density at radius 2 is 2.21 bits per heavy atom. The lowest BCUT2D eigenvalue weighted by Crippen LogP contribution is -2.39. The van der Waals surface area contributed by atoms with Crippen LogP contribution in [0.5, 0.6) is 0 Å². The Bertz CT molecular complexity index is 814. The SMILES string of the molecule is CC(C)CN([C@@H]1CCCc2cccnc21)S(=O)(=O)c1cnn(C)c1. The van der Waals surface area contributed by atoms with E-state index in [0.717, 1.165) is 30.5 Å². The largest absolute Gasteiger partial charge is 0.274 e. The summed E-state index contributed by atoms with van der Waals surface area (Å²) in [6.07, 6.45) is 7.47. The van der Waals surface area contributed by atoms with Gasteiger partial charge in [0.25, 0.3) is 0 Å². The number of nitrogens with zero attached hydrogens (tertiary/aromatic N) is 4. The second-order valence-electron chi connectivity index (χ2n) is 6.77. The van der Waals surface area contributed by atoms with E-state index in [1.165, 1.54) is 10.9 Å². The molecule has 0 N–H and O–H groups in total. The van der Waals surface area contributed by atoms with E-state index >= 15 is 0 Å². The molecule has 2 aromatic rings. The van der Waals surface area contributed by atoms with Crippen LogP contribution in [0.25, 0.3) is 0 Å². The topological polar surface area (TPSA) is 68.1 Å². The second kappa shape index (κ2) is 6.64. The fourth-order valence-corrected chi connectivity index (χ4v) is 5.06. The first-order valence-corrected chi connectivity index (χ1v) is 9.78. The van der Waals surface area contributed by atoms with Gasteiger partial charge in [-0.05, 0) is 36.8 Å². The third-order valence-electron chi connectivity index (χ3n) is 4.35. The molecule has 24 heavy (non-hydrogen) atoms. The molecule has 0 saturated carbocycles. The molecule has 0 spiro atoms. The van der Waals surface area contributed by atoms with Gasteiger partial charge in [0, 0.05) is 26.0 Å². The maximum Gasteiger partial charge on any atom is 0.246 e. The van der Waals surface area contributed by atoms with E-state index in [9.17, 15) is 8.42 Å². The molecule has 2 heterocycles. The van der Waals surface area contributed by atoms with E-state index in [4.69, 9.17) is 0 Å². The molecular weight excluding hydrogens is 324 g/mol. The molecule has 2 aromatic heterocycles. The first-order valence-electron chi connectivity index (χ1n) is 8.34. The zero-order chi connectivity index (χ0) is 17.3. The van der Waals surface area contributed by atoms with E-state index in [2.05, 4.69) is 16.1 Å². The molecule has 7 heteroatoms. The molecule has 0 aromatic carbocycles. The van der Waals surface area contributed by atoms with Crippen molar-refractivity contribution in [2.75, 3.05) is 6.54 Å². The zero-order valence-corrected chi connectivity index (χ0v) is 15.2. The molecule has 130 valence electrons. The Morgan fingerprint density at radius 3 is 2.88 bits per heavy atom. The minimum Gasteiger partial charge on any atom is -0.274 e. The van der Waals surface area contributed by atoms with Crippen LogP contribution in [0, 0.1) is 5.92 Å². The summed E-state index contributed by atoms with van der Waals surface area (Å²) in [5.41, 5.74) is 2.06. The third-order valence-corrected chi connectivity index (χ3v) is 6.17. The minimum absolute atomic E-state index is 0.206. The van der Waals surface area contributed by atoms with Crippen molar-refractivity contribution in [2.45, 2.75) is 44.0 Å². The predicted molar refractivity (Wildman–Crippen MR) is 91.9 cm³/mol. The summed E-state index contributed by atoms with van der Waals surface area (Å²) in [5, 5.41) is 4.03. The lowest BCUT2D eigenvalue weighted by Gasteiger charge is -2.34. The average Bonchev–Trinajstić information content (AvgIpc) is 2.99. The van der Waals surface area contributed by atoms with Crippen LogP contribution in [-0.4, -0.2) is 34.0 Å². The van der Waals surface area contributed by atoms with Gasteiger partial charge in [-0.25, -0.2) is 8.42 Å². The lowest BCUT2D eigenvalue weighted by atomic mass is 9.91. The molecule has 1 aliphatic rings. The Hall–Kier alpha value is -1.73. The number of sulfonamides is 1. The van der Waals surface area contributed by atoms with Gasteiger partial charge in [0.1, 0.15) is 4.90 Å². The smallest absolute Gasteiger partial charge is 0.246 e. The van der Waals surface area contributed by atoms with Crippen LogP contribution < -0.4 is 0 Å². The molecule has 0 unspecified atom stereocenters. The van der Waals surface area contributed by atoms with E-state index in [1.807, 2.05) is 19.9 Å². The molecule has 0 bridgehead atoms. The van der Waals surface area contributed by atoms with Crippen LogP contribution in [0.3, 0.4) is 0 Å². The minimum atomic E-state index is -3.61. The first kappa shape index (κ1) is 17.1. The number of hydrogen-bond donors (Lipinski definition) is 0. The first-order chi connectivity index (χ1) is 11.4. The highest BCUT2D eigenvalue weighted by Crippen LogP contribution is 2.36. The van der Waals surface area contributed by atoms with Crippen molar-refractivity contribution in [1.29, 1.82) is 0 Å². The van der Waals surface area contributed by atoms with Crippen molar-refractivity contribution in [3.8, 4) is 0 Å². The summed E-state index contributed by atoms with van der Waals surface area (Å²) in [4.78, 5) is 4.76. The number of pyridine rings is 1. The Labute approximate surface area is 143 Å². The summed E-state index contributed by atoms with van der Waals surface area (Å²) in [5.74, 6) is 0.227. The van der Waals surface area contributed by atoms with Crippen LogP contribution in [0.15, 0.2) is 35.6 Å². The number of fused-ring (bicyclic) bond motifs is 1. The number of aromatic nitrogens is 3. The molecule has 3 rings (SSSR count). The third kappa shape index (κ3) is 3.23. The highest BCUT2D eigenvalue weighted by molar-refractivity contribution is 7.89. The van der Waals surface area contributed by atoms with Gasteiger partial charge in [0.05, 0.1) is 17.9 Å². The van der Waals surface area contributed by atoms with E-state index in [0.29, 0.717) is 6.54 Å². The molecule has 0 amide bonds. The summed E-state index contributed by atoms with van der Waals surface area (Å²) < 4.78 is 29.6. The van der Waals surface area contributed by atoms with Crippen LogP contribution in [-0.2, 0) is 23.5 Å². The maximum atomic E-state index is 13.2. The highest BCUT2D eigenvalue weighted by atomic mass is 32.2. The predicted octanol–water partition coefficient (Wildman–Crippen LogP) is 2.54. The van der Waals surface area contributed by atoms with E-state index in [-0.39, 0.29) is 16.9 Å². The van der Waals surface area contributed by atoms with Crippen molar-refractivity contribution in [1.82, 2.24) is 19.1 Å². The molecule has 0 aliphatic heterocycles. The van der Waals surface area contributed by atoms with Crippen LogP contribution in [0.2, 0.25) is 0 Å². The van der Waals surface area contributed by atoms with E-state index < -0.39 is 10.0 Å². The molecule has 0 fully saturated rings. The van der Waals surface area contributed by atoms with Crippen molar-refractivity contribution in [2.24, 2.45) is 13.0 Å². The second-order valence-corrected chi connectivity index (χ2v) is 8.66. The average molecular weight is 348 g/mol. The monoisotopic (exact) mass is 348 g/mol. The Morgan fingerprint density at radius 1 is 1.42 bits per heavy atom. The summed E-state index contributed by atoms with van der Waals surface area (Å²) >= 11 is 0. The van der Waals surface area contributed by atoms with Gasteiger partial charge in [0.2, 0.25) is 10.0 Å². The van der Waals surface area contributed by atoms with E-state index in [1.54, 1.807) is 23.7 Å². The van der Waals surface area contributed by atoms with Crippen molar-refractivity contribution >= 4 is 10.0 Å². The zero-order valence-electron chi connectivity index (χ0n) is 14.4. The van der Waals surface area contributed by atoms with Gasteiger partial charge >= 0.3 is 0 Å². The van der Waals surface area contributed by atoms with Crippen LogP contribution in [0.1, 0.15) is 44.0 Å². The Kier molecular flexibility index (Phi) is 4.73. The fraction of sp³-hybridized carbons (Fsp3) is 0.529. The van der Waals surface area contributed by atoms with Gasteiger partial charge in [0.15, 0.2) is 0 Å². The van der Waals surface area contributed by atoms with Gasteiger partial charge < -0.3 is 0 Å². The fourth-order valence-electron chi connectivity index (χ4n) is 3.29. The van der Waals surface area contributed by atoms with Gasteiger partial charge in [-0.1, -0.05) is 19.9 Å². The summed E-state index contributed by atoms with van der Waals surface area (Å²) in [6, 6.07) is 3.77. The molecule has 6 nitrogen and oxygen atoms in total. The van der Waals surface area contributed by atoms with Crippen LogP contribution >= 0.6 is 0 Å². The van der Waals surface area contributed by atoms with Crippen molar-refractivity contribution < 1.29 is 8.42 Å². The van der Waals surface area contributed by atoms with Crippen molar-refractivity contribution in [3.63, 3.8) is 0 Å². The highest BCUT2D eigenvalue weighted by Gasteiger charge is 2.36. The molecule has 0 radical (unpaired) electrons. The molecule has 1 atom stereocenters. The quantitative estimate of drug-likeness (QED) is 0.833. The number of aryl methyl sites for hydroxylation is 2. The number of hydrogen-bond acceptors (Lipinski definition) is 4. The molecule has 0 saturated heterocycles. The van der Waals surface area contributed by atoms with Gasteiger partial charge in [-0.15, -0.1) is 0 Å². The molecular formula is C17H24N4O2S. The maximum absolute atomic E-state index is 13.2. The van der Waals surface area contributed by atoms with Crippen LogP contribution in [0.4, 0.5) is 0 Å². The lowest BCUT2D eigenvalue weighted by molar-refractivity contribution is 0.263.